The van der Waals surface area contributed by atoms with Gasteiger partial charge in [0, 0.05) is 24.7 Å². The molecule has 1 N–H and O–H groups in total. The van der Waals surface area contributed by atoms with Crippen molar-refractivity contribution in [3.63, 3.8) is 0 Å². The van der Waals surface area contributed by atoms with Crippen LogP contribution in [0.3, 0.4) is 0 Å². The Morgan fingerprint density at radius 3 is 2.65 bits per heavy atom. The Labute approximate surface area is 123 Å². The molecule has 1 aliphatic rings. The second-order valence-electron chi connectivity index (χ2n) is 5.79. The fourth-order valence-electron chi connectivity index (χ4n) is 3.21. The largest absolute Gasteiger partial charge is 0.378 e. The number of ether oxygens (including phenoxy) is 1. The maximum atomic E-state index is 5.63. The van der Waals surface area contributed by atoms with Gasteiger partial charge in [-0.15, -0.1) is 0 Å². The van der Waals surface area contributed by atoms with Crippen LogP contribution in [0.2, 0.25) is 0 Å². The van der Waals surface area contributed by atoms with Crippen LogP contribution in [0.5, 0.6) is 0 Å². The van der Waals surface area contributed by atoms with Crippen LogP contribution in [-0.4, -0.2) is 43.8 Å². The minimum atomic E-state index is 0.364. The number of nitrogens with zero attached hydrogens (tertiary/aromatic N) is 1. The van der Waals surface area contributed by atoms with Gasteiger partial charge in [-0.3, -0.25) is 4.90 Å². The van der Waals surface area contributed by atoms with Gasteiger partial charge in [-0.1, -0.05) is 36.8 Å². The Morgan fingerprint density at radius 2 is 2.05 bits per heavy atom. The van der Waals surface area contributed by atoms with E-state index in [-0.39, 0.29) is 0 Å². The standard InChI is InChI=1S/C17H28N2O/c1-5-16-12-20-11-10-19(16)14(3)17(18-4)15-8-6-13(2)7-9-15/h6-9,14,16-18H,5,10-12H2,1-4H3. The first kappa shape index (κ1) is 15.5. The monoisotopic (exact) mass is 276 g/mol. The number of hydrogen-bond acceptors (Lipinski definition) is 3. The van der Waals surface area contributed by atoms with Crippen LogP contribution < -0.4 is 5.32 Å². The predicted octanol–water partition coefficient (Wildman–Crippen LogP) is 2.75. The highest BCUT2D eigenvalue weighted by molar-refractivity contribution is 5.25. The van der Waals surface area contributed by atoms with E-state index >= 15 is 0 Å². The number of rotatable bonds is 5. The summed E-state index contributed by atoms with van der Waals surface area (Å²) in [7, 11) is 2.06. The van der Waals surface area contributed by atoms with Crippen molar-refractivity contribution in [1.82, 2.24) is 10.2 Å². The molecule has 0 radical (unpaired) electrons. The number of nitrogens with one attached hydrogen (secondary N) is 1. The fourth-order valence-corrected chi connectivity index (χ4v) is 3.21. The Morgan fingerprint density at radius 1 is 1.35 bits per heavy atom. The van der Waals surface area contributed by atoms with Gasteiger partial charge in [0.1, 0.15) is 0 Å². The molecule has 1 heterocycles. The first-order valence-electron chi connectivity index (χ1n) is 7.74. The van der Waals surface area contributed by atoms with Crippen molar-refractivity contribution in [3.05, 3.63) is 35.4 Å². The van der Waals surface area contributed by atoms with Crippen LogP contribution in [0.1, 0.15) is 37.4 Å². The lowest BCUT2D eigenvalue weighted by Crippen LogP contribution is -2.53. The summed E-state index contributed by atoms with van der Waals surface area (Å²) in [5.41, 5.74) is 2.68. The zero-order valence-corrected chi connectivity index (χ0v) is 13.2. The molecule has 0 spiro atoms. The number of benzene rings is 1. The minimum absolute atomic E-state index is 0.364. The molecule has 3 nitrogen and oxygen atoms in total. The smallest absolute Gasteiger partial charge is 0.0622 e. The van der Waals surface area contributed by atoms with E-state index in [0.29, 0.717) is 18.1 Å². The average Bonchev–Trinajstić information content (AvgIpc) is 2.49. The van der Waals surface area contributed by atoms with Gasteiger partial charge in [-0.05, 0) is 32.9 Å². The highest BCUT2D eigenvalue weighted by Crippen LogP contribution is 2.25. The van der Waals surface area contributed by atoms with Gasteiger partial charge in [0.15, 0.2) is 0 Å². The third kappa shape index (κ3) is 3.40. The van der Waals surface area contributed by atoms with Crippen molar-refractivity contribution < 1.29 is 4.74 Å². The van der Waals surface area contributed by atoms with Gasteiger partial charge < -0.3 is 10.1 Å². The van der Waals surface area contributed by atoms with E-state index in [9.17, 15) is 0 Å². The van der Waals surface area contributed by atoms with Crippen LogP contribution in [0, 0.1) is 6.92 Å². The van der Waals surface area contributed by atoms with Crippen LogP contribution in [0.4, 0.5) is 0 Å². The van der Waals surface area contributed by atoms with Gasteiger partial charge in [-0.25, -0.2) is 0 Å². The first-order valence-corrected chi connectivity index (χ1v) is 7.74. The lowest BCUT2D eigenvalue weighted by atomic mass is 9.96. The van der Waals surface area contributed by atoms with E-state index in [0.717, 1.165) is 26.2 Å². The van der Waals surface area contributed by atoms with E-state index < -0.39 is 0 Å². The molecule has 1 saturated heterocycles. The summed E-state index contributed by atoms with van der Waals surface area (Å²) in [6.45, 7) is 9.46. The van der Waals surface area contributed by atoms with E-state index in [1.807, 2.05) is 0 Å². The van der Waals surface area contributed by atoms with Crippen molar-refractivity contribution in [3.8, 4) is 0 Å². The van der Waals surface area contributed by atoms with Crippen molar-refractivity contribution in [2.45, 2.75) is 45.3 Å². The Hall–Kier alpha value is -0.900. The summed E-state index contributed by atoms with van der Waals surface area (Å²) in [4.78, 5) is 2.60. The second kappa shape index (κ2) is 7.21. The summed E-state index contributed by atoms with van der Waals surface area (Å²) < 4.78 is 5.63. The zero-order valence-electron chi connectivity index (χ0n) is 13.2. The van der Waals surface area contributed by atoms with Crippen molar-refractivity contribution in [2.75, 3.05) is 26.8 Å². The van der Waals surface area contributed by atoms with Gasteiger partial charge in [-0.2, -0.15) is 0 Å². The molecule has 0 aromatic heterocycles. The lowest BCUT2D eigenvalue weighted by Gasteiger charge is -2.42. The number of aryl methyl sites for hydroxylation is 1. The molecular formula is C17H28N2O. The lowest BCUT2D eigenvalue weighted by molar-refractivity contribution is -0.0334. The fraction of sp³-hybridized carbons (Fsp3) is 0.647. The Balaban J connectivity index is 2.15. The van der Waals surface area contributed by atoms with Crippen molar-refractivity contribution in [1.29, 1.82) is 0 Å². The molecule has 0 bridgehead atoms. The molecule has 1 fully saturated rings. The number of likely N-dealkylation sites (N-methyl/N-ethyl adjacent to an activating group) is 1. The molecule has 20 heavy (non-hydrogen) atoms. The predicted molar refractivity (Wildman–Crippen MR) is 84.0 cm³/mol. The number of morpholine rings is 1. The molecular weight excluding hydrogens is 248 g/mol. The SMILES string of the molecule is CCC1COCCN1C(C)C(NC)c1ccc(C)cc1. The topological polar surface area (TPSA) is 24.5 Å². The zero-order chi connectivity index (χ0) is 14.5. The normalized spacial score (nSPS) is 23.5. The van der Waals surface area contributed by atoms with E-state index in [4.69, 9.17) is 4.74 Å². The summed E-state index contributed by atoms with van der Waals surface area (Å²) in [5, 5.41) is 3.50. The average molecular weight is 276 g/mol. The van der Waals surface area contributed by atoms with Crippen LogP contribution in [-0.2, 0) is 4.74 Å². The maximum absolute atomic E-state index is 5.63. The van der Waals surface area contributed by atoms with E-state index in [1.165, 1.54) is 11.1 Å². The third-order valence-electron chi connectivity index (χ3n) is 4.50. The first-order chi connectivity index (χ1) is 9.67. The molecule has 3 atom stereocenters. The second-order valence-corrected chi connectivity index (χ2v) is 5.79. The van der Waals surface area contributed by atoms with Crippen LogP contribution in [0.15, 0.2) is 24.3 Å². The summed E-state index contributed by atoms with van der Waals surface area (Å²) in [6, 6.07) is 10.3. The highest BCUT2D eigenvalue weighted by atomic mass is 16.5. The van der Waals surface area contributed by atoms with Crippen molar-refractivity contribution >= 4 is 0 Å². The maximum Gasteiger partial charge on any atom is 0.0622 e. The van der Waals surface area contributed by atoms with Gasteiger partial charge >= 0.3 is 0 Å². The minimum Gasteiger partial charge on any atom is -0.378 e. The molecule has 1 aromatic carbocycles. The van der Waals surface area contributed by atoms with Crippen LogP contribution in [0.25, 0.3) is 0 Å². The molecule has 3 unspecified atom stereocenters. The molecule has 1 aliphatic heterocycles. The molecule has 3 heteroatoms. The molecule has 1 aromatic rings. The Bertz CT molecular complexity index is 404. The summed E-state index contributed by atoms with van der Waals surface area (Å²) >= 11 is 0. The Kier molecular flexibility index (Phi) is 5.58. The van der Waals surface area contributed by atoms with Gasteiger partial charge in [0.25, 0.3) is 0 Å². The van der Waals surface area contributed by atoms with E-state index in [1.54, 1.807) is 0 Å². The molecule has 2 rings (SSSR count). The molecule has 112 valence electrons. The molecule has 0 amide bonds. The molecule has 0 aliphatic carbocycles. The van der Waals surface area contributed by atoms with Crippen molar-refractivity contribution in [2.24, 2.45) is 0 Å². The summed E-state index contributed by atoms with van der Waals surface area (Å²) in [6.07, 6.45) is 1.15. The van der Waals surface area contributed by atoms with Gasteiger partial charge in [0.2, 0.25) is 0 Å². The summed E-state index contributed by atoms with van der Waals surface area (Å²) in [5.74, 6) is 0. The van der Waals surface area contributed by atoms with Gasteiger partial charge in [0.05, 0.1) is 13.2 Å². The molecule has 0 saturated carbocycles. The van der Waals surface area contributed by atoms with E-state index in [2.05, 4.69) is 62.3 Å². The highest BCUT2D eigenvalue weighted by Gasteiger charge is 2.30. The third-order valence-corrected chi connectivity index (χ3v) is 4.50. The van der Waals surface area contributed by atoms with Crippen LogP contribution >= 0.6 is 0 Å². The quantitative estimate of drug-likeness (QED) is 0.895. The number of hydrogen-bond donors (Lipinski definition) is 1.